The zero-order chi connectivity index (χ0) is 13.9. The van der Waals surface area contributed by atoms with E-state index in [0.29, 0.717) is 0 Å². The lowest BCUT2D eigenvalue weighted by atomic mass is 9.90. The Morgan fingerprint density at radius 2 is 2.20 bits per heavy atom. The molecule has 1 heterocycles. The van der Waals surface area contributed by atoms with Crippen LogP contribution in [-0.2, 0) is 4.74 Å². The maximum atomic E-state index is 6.21. The number of alkyl halides is 1. The average Bonchev–Trinajstić information content (AvgIpc) is 2.47. The van der Waals surface area contributed by atoms with Crippen LogP contribution < -0.4 is 4.74 Å². The molecular weight excluding hydrogens is 274 g/mol. The first kappa shape index (κ1) is 13.7. The summed E-state index contributed by atoms with van der Waals surface area (Å²) < 4.78 is 11.9. The Labute approximate surface area is 123 Å². The molecule has 3 rings (SSSR count). The van der Waals surface area contributed by atoms with E-state index in [9.17, 15) is 0 Å². The minimum atomic E-state index is -0.0106. The molecule has 20 heavy (non-hydrogen) atoms. The van der Waals surface area contributed by atoms with Gasteiger partial charge in [0.2, 0.25) is 0 Å². The van der Waals surface area contributed by atoms with E-state index in [0.717, 1.165) is 36.1 Å². The van der Waals surface area contributed by atoms with E-state index < -0.39 is 0 Å². The molecule has 1 aromatic carbocycles. The van der Waals surface area contributed by atoms with Crippen LogP contribution in [0.4, 0.5) is 0 Å². The second-order valence-electron chi connectivity index (χ2n) is 5.07. The molecule has 4 heteroatoms. The summed E-state index contributed by atoms with van der Waals surface area (Å²) in [4.78, 5) is 4.34. The molecule has 2 aromatic rings. The van der Waals surface area contributed by atoms with Gasteiger partial charge in [0.15, 0.2) is 0 Å². The lowest BCUT2D eigenvalue weighted by Crippen LogP contribution is -2.52. The van der Waals surface area contributed by atoms with Gasteiger partial charge in [-0.1, -0.05) is 13.0 Å². The van der Waals surface area contributed by atoms with Gasteiger partial charge < -0.3 is 9.47 Å². The summed E-state index contributed by atoms with van der Waals surface area (Å²) >= 11 is 6.21. The Kier molecular flexibility index (Phi) is 4.08. The first-order valence-corrected chi connectivity index (χ1v) is 7.49. The van der Waals surface area contributed by atoms with Gasteiger partial charge in [-0.15, -0.1) is 11.6 Å². The van der Waals surface area contributed by atoms with E-state index in [1.807, 2.05) is 30.3 Å². The summed E-state index contributed by atoms with van der Waals surface area (Å²) in [5.74, 6) is 0.856. The van der Waals surface area contributed by atoms with Crippen LogP contribution in [0.2, 0.25) is 0 Å². The molecule has 1 saturated carbocycles. The van der Waals surface area contributed by atoms with Crippen molar-refractivity contribution in [3.8, 4) is 5.75 Å². The van der Waals surface area contributed by atoms with Crippen molar-refractivity contribution in [1.82, 2.24) is 4.98 Å². The second kappa shape index (κ2) is 5.98. The number of halogens is 1. The molecule has 1 aliphatic carbocycles. The summed E-state index contributed by atoms with van der Waals surface area (Å²) in [6.45, 7) is 2.82. The minimum Gasteiger partial charge on any atom is -0.487 e. The van der Waals surface area contributed by atoms with Gasteiger partial charge in [0.1, 0.15) is 18.0 Å². The van der Waals surface area contributed by atoms with Crippen LogP contribution in [0.25, 0.3) is 10.9 Å². The van der Waals surface area contributed by atoms with Gasteiger partial charge >= 0.3 is 0 Å². The Morgan fingerprint density at radius 3 is 3.00 bits per heavy atom. The SMILES string of the molecule is CCCOC1C(Cl)CC1Oc1cccc2ncccc12. The van der Waals surface area contributed by atoms with Crippen molar-refractivity contribution in [2.24, 2.45) is 0 Å². The molecule has 0 N–H and O–H groups in total. The van der Waals surface area contributed by atoms with E-state index in [1.165, 1.54) is 0 Å². The zero-order valence-electron chi connectivity index (χ0n) is 11.5. The highest BCUT2D eigenvalue weighted by molar-refractivity contribution is 6.21. The van der Waals surface area contributed by atoms with Crippen molar-refractivity contribution >= 4 is 22.5 Å². The molecule has 3 unspecified atom stereocenters. The summed E-state index contributed by atoms with van der Waals surface area (Å²) in [6.07, 6.45) is 3.63. The monoisotopic (exact) mass is 291 g/mol. The normalized spacial score (nSPS) is 25.4. The Morgan fingerprint density at radius 1 is 1.30 bits per heavy atom. The van der Waals surface area contributed by atoms with Crippen molar-refractivity contribution in [3.05, 3.63) is 36.5 Å². The van der Waals surface area contributed by atoms with Crippen LogP contribution in [0.5, 0.6) is 5.75 Å². The standard InChI is InChI=1S/C16H18ClNO2/c1-2-9-19-16-12(17)10-15(16)20-14-7-3-6-13-11(14)5-4-8-18-13/h3-8,12,15-16H,2,9-10H2,1H3. The third kappa shape index (κ3) is 2.60. The minimum absolute atomic E-state index is 0.0106. The number of hydrogen-bond acceptors (Lipinski definition) is 3. The van der Waals surface area contributed by atoms with Crippen molar-refractivity contribution in [1.29, 1.82) is 0 Å². The van der Waals surface area contributed by atoms with Gasteiger partial charge in [-0.2, -0.15) is 0 Å². The number of benzene rings is 1. The van der Waals surface area contributed by atoms with Gasteiger partial charge in [0.25, 0.3) is 0 Å². The van der Waals surface area contributed by atoms with E-state index >= 15 is 0 Å². The lowest BCUT2D eigenvalue weighted by Gasteiger charge is -2.40. The van der Waals surface area contributed by atoms with Crippen molar-refractivity contribution in [2.75, 3.05) is 6.61 Å². The number of rotatable bonds is 5. The molecule has 0 spiro atoms. The first-order chi connectivity index (χ1) is 9.79. The molecule has 106 valence electrons. The third-order valence-electron chi connectivity index (χ3n) is 3.58. The molecule has 0 aliphatic heterocycles. The Hall–Kier alpha value is -1.32. The number of ether oxygens (including phenoxy) is 2. The van der Waals surface area contributed by atoms with E-state index in [2.05, 4.69) is 11.9 Å². The summed E-state index contributed by atoms with van der Waals surface area (Å²) in [7, 11) is 0. The Balaban J connectivity index is 1.76. The number of pyridine rings is 1. The highest BCUT2D eigenvalue weighted by atomic mass is 35.5. The van der Waals surface area contributed by atoms with Gasteiger partial charge in [-0.25, -0.2) is 0 Å². The van der Waals surface area contributed by atoms with Crippen LogP contribution in [0, 0.1) is 0 Å². The second-order valence-corrected chi connectivity index (χ2v) is 5.63. The molecular formula is C16H18ClNO2. The molecule has 0 saturated heterocycles. The van der Waals surface area contributed by atoms with E-state index in [4.69, 9.17) is 21.1 Å². The quantitative estimate of drug-likeness (QED) is 0.786. The topological polar surface area (TPSA) is 31.4 Å². The predicted octanol–water partition coefficient (Wildman–Crippen LogP) is 3.79. The highest BCUT2D eigenvalue weighted by Gasteiger charge is 2.42. The van der Waals surface area contributed by atoms with Crippen LogP contribution >= 0.6 is 11.6 Å². The lowest BCUT2D eigenvalue weighted by molar-refractivity contribution is -0.0792. The molecule has 0 amide bonds. The van der Waals surface area contributed by atoms with Gasteiger partial charge in [-0.3, -0.25) is 4.98 Å². The molecule has 0 bridgehead atoms. The van der Waals surface area contributed by atoms with Crippen molar-refractivity contribution in [2.45, 2.75) is 37.4 Å². The van der Waals surface area contributed by atoms with E-state index in [1.54, 1.807) is 6.20 Å². The highest BCUT2D eigenvalue weighted by Crippen LogP contribution is 2.35. The number of hydrogen-bond donors (Lipinski definition) is 0. The fraction of sp³-hybridized carbons (Fsp3) is 0.438. The van der Waals surface area contributed by atoms with E-state index in [-0.39, 0.29) is 17.6 Å². The van der Waals surface area contributed by atoms with Crippen LogP contribution in [0.1, 0.15) is 19.8 Å². The smallest absolute Gasteiger partial charge is 0.129 e. The summed E-state index contributed by atoms with van der Waals surface area (Å²) in [5, 5.41) is 1.09. The molecule has 1 fully saturated rings. The van der Waals surface area contributed by atoms with Crippen LogP contribution in [-0.4, -0.2) is 29.2 Å². The molecule has 3 atom stereocenters. The fourth-order valence-electron chi connectivity index (χ4n) is 2.45. The molecule has 0 radical (unpaired) electrons. The summed E-state index contributed by atoms with van der Waals surface area (Å²) in [6, 6.07) is 9.87. The Bertz CT molecular complexity index is 584. The zero-order valence-corrected chi connectivity index (χ0v) is 12.2. The van der Waals surface area contributed by atoms with Crippen molar-refractivity contribution < 1.29 is 9.47 Å². The van der Waals surface area contributed by atoms with Gasteiger partial charge in [-0.05, 0) is 30.7 Å². The maximum absolute atomic E-state index is 6.21. The van der Waals surface area contributed by atoms with Gasteiger partial charge in [0, 0.05) is 24.6 Å². The first-order valence-electron chi connectivity index (χ1n) is 7.05. The van der Waals surface area contributed by atoms with Crippen molar-refractivity contribution in [3.63, 3.8) is 0 Å². The van der Waals surface area contributed by atoms with Crippen LogP contribution in [0.15, 0.2) is 36.5 Å². The maximum Gasteiger partial charge on any atom is 0.129 e. The molecule has 3 nitrogen and oxygen atoms in total. The number of aromatic nitrogens is 1. The number of nitrogens with zero attached hydrogens (tertiary/aromatic N) is 1. The largest absolute Gasteiger partial charge is 0.487 e. The van der Waals surface area contributed by atoms with Gasteiger partial charge in [0.05, 0.1) is 10.9 Å². The molecule has 1 aliphatic rings. The predicted molar refractivity (Wildman–Crippen MR) is 80.4 cm³/mol. The van der Waals surface area contributed by atoms with Crippen LogP contribution in [0.3, 0.4) is 0 Å². The average molecular weight is 292 g/mol. The third-order valence-corrected chi connectivity index (χ3v) is 4.01. The fourth-order valence-corrected chi connectivity index (χ4v) is 2.86. The summed E-state index contributed by atoms with van der Waals surface area (Å²) in [5.41, 5.74) is 0.942. The molecule has 1 aromatic heterocycles. The number of fused-ring (bicyclic) bond motifs is 1.